The molecule has 1 aliphatic rings. The van der Waals surface area contributed by atoms with Crippen LogP contribution in [0.5, 0.6) is 0 Å². The number of hydrogen-bond donors (Lipinski definition) is 2. The van der Waals surface area contributed by atoms with E-state index < -0.39 is 4.92 Å². The molecule has 6 heteroatoms. The predicted octanol–water partition coefficient (Wildman–Crippen LogP) is 1.52. The molecule has 0 fully saturated rings. The summed E-state index contributed by atoms with van der Waals surface area (Å²) >= 11 is 0. The Kier molecular flexibility index (Phi) is 3.15. The number of carbonyl (C=O) groups excluding carboxylic acids is 1. The molecule has 0 saturated carbocycles. The SMILES string of the molecule is C#CCNc1cc2c(cc1[N+](=O)[O-])NC(=O)CC2. The summed E-state index contributed by atoms with van der Waals surface area (Å²) in [7, 11) is 0. The van der Waals surface area contributed by atoms with Crippen molar-refractivity contribution < 1.29 is 9.72 Å². The highest BCUT2D eigenvalue weighted by molar-refractivity contribution is 5.95. The van der Waals surface area contributed by atoms with Gasteiger partial charge in [-0.1, -0.05) is 5.92 Å². The van der Waals surface area contributed by atoms with Crippen LogP contribution in [0.4, 0.5) is 17.1 Å². The average Bonchev–Trinajstić information content (AvgIpc) is 2.35. The van der Waals surface area contributed by atoms with Gasteiger partial charge < -0.3 is 10.6 Å². The molecule has 18 heavy (non-hydrogen) atoms. The quantitative estimate of drug-likeness (QED) is 0.480. The van der Waals surface area contributed by atoms with Crippen LogP contribution in [0.2, 0.25) is 0 Å². The molecular weight excluding hydrogens is 234 g/mol. The maximum atomic E-state index is 11.2. The lowest BCUT2D eigenvalue weighted by atomic mass is 10.0. The van der Waals surface area contributed by atoms with E-state index in [0.717, 1.165) is 5.56 Å². The summed E-state index contributed by atoms with van der Waals surface area (Å²) in [5.41, 5.74) is 1.67. The van der Waals surface area contributed by atoms with Crippen LogP contribution in [0.1, 0.15) is 12.0 Å². The van der Waals surface area contributed by atoms with Crippen LogP contribution < -0.4 is 10.6 Å². The van der Waals surface area contributed by atoms with Gasteiger partial charge in [0.05, 0.1) is 17.2 Å². The summed E-state index contributed by atoms with van der Waals surface area (Å²) in [6.07, 6.45) is 6.08. The molecule has 2 rings (SSSR count). The van der Waals surface area contributed by atoms with Gasteiger partial charge in [0.1, 0.15) is 5.69 Å². The second-order valence-corrected chi connectivity index (χ2v) is 3.89. The molecule has 2 N–H and O–H groups in total. The third-order valence-corrected chi connectivity index (χ3v) is 2.69. The number of hydrogen-bond acceptors (Lipinski definition) is 4. The highest BCUT2D eigenvalue weighted by atomic mass is 16.6. The van der Waals surface area contributed by atoms with Gasteiger partial charge in [0.2, 0.25) is 5.91 Å². The molecule has 6 nitrogen and oxygen atoms in total. The predicted molar refractivity (Wildman–Crippen MR) is 67.4 cm³/mol. The average molecular weight is 245 g/mol. The van der Waals surface area contributed by atoms with Crippen molar-refractivity contribution in [2.45, 2.75) is 12.8 Å². The fourth-order valence-corrected chi connectivity index (χ4v) is 1.86. The van der Waals surface area contributed by atoms with E-state index in [4.69, 9.17) is 6.42 Å². The van der Waals surface area contributed by atoms with Gasteiger partial charge in [-0.2, -0.15) is 0 Å². The Bertz CT molecular complexity index is 560. The molecule has 0 unspecified atom stereocenters. The number of nitrogens with zero attached hydrogens (tertiary/aromatic N) is 1. The lowest BCUT2D eigenvalue weighted by Crippen LogP contribution is -2.19. The van der Waals surface area contributed by atoms with Crippen molar-refractivity contribution in [1.82, 2.24) is 0 Å². The Labute approximate surface area is 104 Å². The van der Waals surface area contributed by atoms with Gasteiger partial charge in [0.25, 0.3) is 5.69 Å². The van der Waals surface area contributed by atoms with E-state index >= 15 is 0 Å². The summed E-state index contributed by atoms with van der Waals surface area (Å²) in [5.74, 6) is 2.24. The van der Waals surface area contributed by atoms with Gasteiger partial charge in [0, 0.05) is 12.5 Å². The third-order valence-electron chi connectivity index (χ3n) is 2.69. The fraction of sp³-hybridized carbons (Fsp3) is 0.250. The molecular formula is C12H11N3O3. The number of benzene rings is 1. The Morgan fingerprint density at radius 3 is 2.94 bits per heavy atom. The molecule has 0 aliphatic carbocycles. The first-order chi connectivity index (χ1) is 8.61. The highest BCUT2D eigenvalue weighted by Crippen LogP contribution is 2.33. The summed E-state index contributed by atoms with van der Waals surface area (Å²) in [6, 6.07) is 3.04. The number of anilines is 2. The van der Waals surface area contributed by atoms with Crippen molar-refractivity contribution in [2.24, 2.45) is 0 Å². The number of fused-ring (bicyclic) bond motifs is 1. The zero-order chi connectivity index (χ0) is 13.1. The normalized spacial score (nSPS) is 13.2. The highest BCUT2D eigenvalue weighted by Gasteiger charge is 2.22. The molecule has 1 aromatic carbocycles. The zero-order valence-corrected chi connectivity index (χ0v) is 9.53. The maximum absolute atomic E-state index is 11.2. The van der Waals surface area contributed by atoms with Gasteiger partial charge >= 0.3 is 0 Å². The van der Waals surface area contributed by atoms with Crippen LogP contribution in [-0.2, 0) is 11.2 Å². The third kappa shape index (κ3) is 2.25. The molecule has 0 aromatic heterocycles. The molecule has 1 aromatic rings. The van der Waals surface area contributed by atoms with Crippen molar-refractivity contribution in [3.8, 4) is 12.3 Å². The van der Waals surface area contributed by atoms with E-state index in [-0.39, 0.29) is 18.1 Å². The van der Waals surface area contributed by atoms with E-state index in [2.05, 4.69) is 16.6 Å². The first-order valence-electron chi connectivity index (χ1n) is 5.40. The Hall–Kier alpha value is -2.55. The topological polar surface area (TPSA) is 84.3 Å². The monoisotopic (exact) mass is 245 g/mol. The van der Waals surface area contributed by atoms with Crippen molar-refractivity contribution in [3.05, 3.63) is 27.8 Å². The second kappa shape index (κ2) is 4.75. The largest absolute Gasteiger partial charge is 0.369 e. The molecule has 1 aliphatic heterocycles. The Balaban J connectivity index is 2.44. The Morgan fingerprint density at radius 1 is 1.50 bits per heavy atom. The fourth-order valence-electron chi connectivity index (χ4n) is 1.86. The number of nitro groups is 1. The molecule has 1 heterocycles. The second-order valence-electron chi connectivity index (χ2n) is 3.89. The van der Waals surface area contributed by atoms with E-state index in [1.54, 1.807) is 6.07 Å². The van der Waals surface area contributed by atoms with Gasteiger partial charge in [-0.25, -0.2) is 0 Å². The molecule has 1 amide bonds. The number of terminal acetylenes is 1. The van der Waals surface area contributed by atoms with Crippen LogP contribution in [0.15, 0.2) is 12.1 Å². The molecule has 92 valence electrons. The molecule has 0 spiro atoms. The van der Waals surface area contributed by atoms with Crippen molar-refractivity contribution >= 4 is 23.0 Å². The van der Waals surface area contributed by atoms with Crippen LogP contribution in [0, 0.1) is 22.5 Å². The smallest absolute Gasteiger partial charge is 0.294 e. The lowest BCUT2D eigenvalue weighted by Gasteiger charge is -2.17. The molecule has 0 bridgehead atoms. The van der Waals surface area contributed by atoms with Gasteiger partial charge in [-0.05, 0) is 18.1 Å². The van der Waals surface area contributed by atoms with Crippen LogP contribution in [0.3, 0.4) is 0 Å². The molecule has 0 radical (unpaired) electrons. The van der Waals surface area contributed by atoms with Crippen molar-refractivity contribution in [1.29, 1.82) is 0 Å². The first kappa shape index (κ1) is 11.9. The lowest BCUT2D eigenvalue weighted by molar-refractivity contribution is -0.383. The summed E-state index contributed by atoms with van der Waals surface area (Å²) in [4.78, 5) is 21.7. The summed E-state index contributed by atoms with van der Waals surface area (Å²) in [6.45, 7) is 0.214. The first-order valence-corrected chi connectivity index (χ1v) is 5.40. The van der Waals surface area contributed by atoms with E-state index in [1.165, 1.54) is 6.07 Å². The van der Waals surface area contributed by atoms with Gasteiger partial charge in [0.15, 0.2) is 0 Å². The standard InChI is InChI=1S/C12H11N3O3/c1-2-5-13-10-6-8-3-4-12(16)14-9(8)7-11(10)15(17)18/h1,6-7,13H,3-5H2,(H,14,16). The van der Waals surface area contributed by atoms with Crippen LogP contribution in [0.25, 0.3) is 0 Å². The van der Waals surface area contributed by atoms with Gasteiger partial charge in [-0.3, -0.25) is 14.9 Å². The maximum Gasteiger partial charge on any atom is 0.294 e. The van der Waals surface area contributed by atoms with Crippen LogP contribution >= 0.6 is 0 Å². The van der Waals surface area contributed by atoms with Crippen LogP contribution in [-0.4, -0.2) is 17.4 Å². The summed E-state index contributed by atoms with van der Waals surface area (Å²) in [5, 5.41) is 16.4. The number of carbonyl (C=O) groups is 1. The molecule has 0 atom stereocenters. The minimum Gasteiger partial charge on any atom is -0.369 e. The minimum atomic E-state index is -0.500. The van der Waals surface area contributed by atoms with E-state index in [0.29, 0.717) is 24.2 Å². The van der Waals surface area contributed by atoms with Crippen molar-refractivity contribution in [3.63, 3.8) is 0 Å². The number of rotatable bonds is 3. The van der Waals surface area contributed by atoms with Gasteiger partial charge in [-0.15, -0.1) is 6.42 Å². The minimum absolute atomic E-state index is 0.0915. The Morgan fingerprint density at radius 2 is 2.28 bits per heavy atom. The number of aryl methyl sites for hydroxylation is 1. The molecule has 0 saturated heterocycles. The summed E-state index contributed by atoms with van der Waals surface area (Å²) < 4.78 is 0. The van der Waals surface area contributed by atoms with E-state index in [1.807, 2.05) is 0 Å². The van der Waals surface area contributed by atoms with E-state index in [9.17, 15) is 14.9 Å². The number of nitrogens with one attached hydrogen (secondary N) is 2. The number of nitro benzene ring substituents is 1. The van der Waals surface area contributed by atoms with Crippen molar-refractivity contribution in [2.75, 3.05) is 17.2 Å². The number of amides is 1. The zero-order valence-electron chi connectivity index (χ0n) is 9.53.